The third-order valence-corrected chi connectivity index (χ3v) is 5.67. The maximum atomic E-state index is 10.6. The molecule has 0 fully saturated rings. The Bertz CT molecular complexity index is 1010. The van der Waals surface area contributed by atoms with Crippen LogP contribution in [0.4, 0.5) is 0 Å². The first-order valence-electron chi connectivity index (χ1n) is 11.0. The van der Waals surface area contributed by atoms with Gasteiger partial charge < -0.3 is 9.84 Å². The van der Waals surface area contributed by atoms with E-state index in [1.54, 1.807) is 12.4 Å². The van der Waals surface area contributed by atoms with E-state index in [9.17, 15) is 4.79 Å². The lowest BCUT2D eigenvalue weighted by Crippen LogP contribution is -2.41. The second-order valence-electron chi connectivity index (χ2n) is 9.53. The van der Waals surface area contributed by atoms with Gasteiger partial charge in [-0.2, -0.15) is 0 Å². The monoisotopic (exact) mass is 420 g/mol. The number of rotatable bonds is 6. The van der Waals surface area contributed by atoms with Crippen molar-refractivity contribution in [2.24, 2.45) is 0 Å². The van der Waals surface area contributed by atoms with Gasteiger partial charge in [-0.05, 0) is 75.0 Å². The molecule has 1 N–H and O–H groups in total. The Morgan fingerprint density at radius 3 is 2.55 bits per heavy atom. The van der Waals surface area contributed by atoms with Gasteiger partial charge in [-0.1, -0.05) is 26.7 Å². The summed E-state index contributed by atoms with van der Waals surface area (Å²) in [5.41, 5.74) is 4.71. The summed E-state index contributed by atoms with van der Waals surface area (Å²) in [6.07, 6.45) is 7.61. The van der Waals surface area contributed by atoms with Crippen LogP contribution in [0.15, 0.2) is 24.5 Å². The molecular formula is C26H32N2O3. The fourth-order valence-electron chi connectivity index (χ4n) is 4.40. The Morgan fingerprint density at radius 2 is 1.90 bits per heavy atom. The molecular weight excluding hydrogens is 388 g/mol. The van der Waals surface area contributed by atoms with Gasteiger partial charge in [0.25, 0.3) is 0 Å². The molecule has 1 aliphatic heterocycles. The standard InChI is InChI=1S/C26H32N2O3/c1-6-18-14-23-22(25(2,3)17-26(4,5)31-23)13-19(18)11-12-21-16-27-20(15-28-21)9-7-8-10-24(29)30/h13-16H,6-10,17H2,1-5H3,(H,29,30). The van der Waals surface area contributed by atoms with Crippen molar-refractivity contribution >= 4 is 5.97 Å². The van der Waals surface area contributed by atoms with Crippen LogP contribution in [0.5, 0.6) is 5.75 Å². The Morgan fingerprint density at radius 1 is 1.13 bits per heavy atom. The molecule has 0 spiro atoms. The van der Waals surface area contributed by atoms with E-state index < -0.39 is 5.97 Å². The van der Waals surface area contributed by atoms with Crippen LogP contribution >= 0.6 is 0 Å². The van der Waals surface area contributed by atoms with E-state index in [1.807, 2.05) is 0 Å². The van der Waals surface area contributed by atoms with Crippen LogP contribution < -0.4 is 4.74 Å². The van der Waals surface area contributed by atoms with Crippen molar-refractivity contribution in [3.63, 3.8) is 0 Å². The van der Waals surface area contributed by atoms with Crippen molar-refractivity contribution in [1.29, 1.82) is 0 Å². The van der Waals surface area contributed by atoms with Gasteiger partial charge in [0.1, 0.15) is 17.0 Å². The molecule has 1 aromatic carbocycles. The summed E-state index contributed by atoms with van der Waals surface area (Å²) in [5, 5.41) is 8.70. The lowest BCUT2D eigenvalue weighted by Gasteiger charge is -2.42. The van der Waals surface area contributed by atoms with Crippen LogP contribution in [0.3, 0.4) is 0 Å². The highest BCUT2D eigenvalue weighted by Crippen LogP contribution is 2.45. The molecule has 0 aliphatic carbocycles. The number of carbonyl (C=O) groups is 1. The van der Waals surface area contributed by atoms with Crippen LogP contribution in [0.1, 0.15) is 88.4 Å². The predicted octanol–water partition coefficient (Wildman–Crippen LogP) is 5.07. The van der Waals surface area contributed by atoms with Gasteiger partial charge in [-0.25, -0.2) is 4.98 Å². The SMILES string of the molecule is CCc1cc2c(cc1C#Cc1cnc(CCCCC(=O)O)cn1)C(C)(C)CC(C)(C)O2. The first-order chi connectivity index (χ1) is 14.6. The Kier molecular flexibility index (Phi) is 6.69. The minimum Gasteiger partial charge on any atom is -0.488 e. The van der Waals surface area contributed by atoms with E-state index in [2.05, 4.69) is 68.6 Å². The number of ether oxygens (including phenoxy) is 1. The quantitative estimate of drug-likeness (QED) is 0.521. The number of fused-ring (bicyclic) bond motifs is 1. The van der Waals surface area contributed by atoms with Gasteiger partial charge in [0, 0.05) is 23.7 Å². The van der Waals surface area contributed by atoms with Crippen molar-refractivity contribution < 1.29 is 14.6 Å². The van der Waals surface area contributed by atoms with Crippen LogP contribution in [0.2, 0.25) is 0 Å². The summed E-state index contributed by atoms with van der Waals surface area (Å²) < 4.78 is 6.28. The van der Waals surface area contributed by atoms with E-state index in [0.717, 1.165) is 42.7 Å². The van der Waals surface area contributed by atoms with Crippen LogP contribution in [-0.4, -0.2) is 26.6 Å². The molecule has 164 valence electrons. The second kappa shape index (κ2) is 9.09. The molecule has 5 nitrogen and oxygen atoms in total. The smallest absolute Gasteiger partial charge is 0.303 e. The number of benzene rings is 1. The normalized spacial score (nSPS) is 15.9. The molecule has 0 saturated heterocycles. The maximum Gasteiger partial charge on any atom is 0.303 e. The zero-order chi connectivity index (χ0) is 22.6. The van der Waals surface area contributed by atoms with Crippen LogP contribution in [0.25, 0.3) is 0 Å². The number of carboxylic acid groups (broad SMARTS) is 1. The lowest BCUT2D eigenvalue weighted by atomic mass is 9.73. The highest BCUT2D eigenvalue weighted by atomic mass is 16.5. The minimum absolute atomic E-state index is 0.0158. The highest BCUT2D eigenvalue weighted by molar-refractivity contribution is 5.66. The van der Waals surface area contributed by atoms with Gasteiger partial charge in [0.05, 0.1) is 11.9 Å². The lowest BCUT2D eigenvalue weighted by molar-refractivity contribution is -0.137. The average Bonchev–Trinajstić information content (AvgIpc) is 2.68. The molecule has 3 rings (SSSR count). The third kappa shape index (κ3) is 5.85. The summed E-state index contributed by atoms with van der Waals surface area (Å²) in [6, 6.07) is 4.33. The van der Waals surface area contributed by atoms with Crippen LogP contribution in [0, 0.1) is 11.8 Å². The largest absolute Gasteiger partial charge is 0.488 e. The van der Waals surface area contributed by atoms with Gasteiger partial charge in [0.2, 0.25) is 0 Å². The molecule has 31 heavy (non-hydrogen) atoms. The molecule has 0 radical (unpaired) electrons. The van der Waals surface area contributed by atoms with E-state index in [1.165, 1.54) is 11.1 Å². The molecule has 2 heterocycles. The molecule has 1 aliphatic rings. The van der Waals surface area contributed by atoms with Crippen molar-refractivity contribution in [2.75, 3.05) is 0 Å². The molecule has 2 aromatic rings. The number of nitrogens with zero attached hydrogens (tertiary/aromatic N) is 2. The molecule has 0 saturated carbocycles. The van der Waals surface area contributed by atoms with Gasteiger partial charge in [-0.3, -0.25) is 9.78 Å². The van der Waals surface area contributed by atoms with Gasteiger partial charge in [-0.15, -0.1) is 0 Å². The number of unbranched alkanes of at least 4 members (excludes halogenated alkanes) is 1. The van der Waals surface area contributed by atoms with E-state index >= 15 is 0 Å². The van der Waals surface area contributed by atoms with Crippen molar-refractivity contribution in [3.8, 4) is 17.6 Å². The zero-order valence-electron chi connectivity index (χ0n) is 19.2. The fourth-order valence-corrected chi connectivity index (χ4v) is 4.40. The average molecular weight is 421 g/mol. The maximum absolute atomic E-state index is 10.6. The third-order valence-electron chi connectivity index (χ3n) is 5.67. The Hall–Kier alpha value is -2.87. The first kappa shape index (κ1) is 22.8. The van der Waals surface area contributed by atoms with E-state index in [-0.39, 0.29) is 17.4 Å². The Labute approximate surface area is 185 Å². The summed E-state index contributed by atoms with van der Waals surface area (Å²) in [6.45, 7) is 10.9. The van der Waals surface area contributed by atoms with Crippen molar-refractivity contribution in [2.45, 2.75) is 84.2 Å². The van der Waals surface area contributed by atoms with Crippen molar-refractivity contribution in [3.05, 3.63) is 52.6 Å². The Balaban J connectivity index is 1.79. The first-order valence-corrected chi connectivity index (χ1v) is 11.0. The molecule has 0 bridgehead atoms. The number of aromatic nitrogens is 2. The molecule has 0 atom stereocenters. The van der Waals surface area contributed by atoms with Crippen molar-refractivity contribution in [1.82, 2.24) is 9.97 Å². The van der Waals surface area contributed by atoms with Gasteiger partial charge >= 0.3 is 5.97 Å². The highest BCUT2D eigenvalue weighted by Gasteiger charge is 2.39. The topological polar surface area (TPSA) is 72.3 Å². The fraction of sp³-hybridized carbons (Fsp3) is 0.500. The number of hydrogen-bond acceptors (Lipinski definition) is 4. The summed E-state index contributed by atoms with van der Waals surface area (Å²) in [4.78, 5) is 19.4. The molecule has 1 aromatic heterocycles. The summed E-state index contributed by atoms with van der Waals surface area (Å²) >= 11 is 0. The van der Waals surface area contributed by atoms with Crippen LogP contribution in [-0.2, 0) is 23.1 Å². The minimum atomic E-state index is -0.760. The number of aryl methyl sites for hydroxylation is 2. The summed E-state index contributed by atoms with van der Waals surface area (Å²) in [5.74, 6) is 6.66. The van der Waals surface area contributed by atoms with E-state index in [0.29, 0.717) is 12.1 Å². The van der Waals surface area contributed by atoms with Gasteiger partial charge in [0.15, 0.2) is 0 Å². The van der Waals surface area contributed by atoms with E-state index in [4.69, 9.17) is 9.84 Å². The summed E-state index contributed by atoms with van der Waals surface area (Å²) in [7, 11) is 0. The molecule has 0 amide bonds. The predicted molar refractivity (Wildman–Crippen MR) is 121 cm³/mol. The second-order valence-corrected chi connectivity index (χ2v) is 9.53. The number of carboxylic acids is 1. The number of hydrogen-bond donors (Lipinski definition) is 1. The molecule has 0 unspecified atom stereocenters. The molecule has 5 heteroatoms. The zero-order valence-corrected chi connectivity index (χ0v) is 19.2. The number of aliphatic carboxylic acids is 1.